The lowest BCUT2D eigenvalue weighted by Crippen LogP contribution is -2.39. The van der Waals surface area contributed by atoms with E-state index in [1.807, 2.05) is 4.57 Å². The molecule has 12 heteroatoms. The second-order valence-electron chi connectivity index (χ2n) is 10.2. The van der Waals surface area contributed by atoms with Gasteiger partial charge in [-0.25, -0.2) is 8.78 Å². The molecule has 3 fully saturated rings. The number of carbonyl (C=O) groups excluding carboxylic acids is 2. The molecule has 0 radical (unpaired) electrons. The number of hydrogen-bond acceptors (Lipinski definition) is 7. The van der Waals surface area contributed by atoms with E-state index in [4.69, 9.17) is 0 Å². The minimum Gasteiger partial charge on any atom is -0.352 e. The smallest absolute Gasteiger partial charge is 0.281 e. The second-order valence-corrected chi connectivity index (χ2v) is 11.3. The highest BCUT2D eigenvalue weighted by Gasteiger charge is 2.45. The van der Waals surface area contributed by atoms with Crippen LogP contribution in [0.15, 0.2) is 6.33 Å². The predicted molar refractivity (Wildman–Crippen MR) is 127 cm³/mol. The van der Waals surface area contributed by atoms with Crippen molar-refractivity contribution in [1.29, 1.82) is 0 Å². The molecule has 1 aliphatic heterocycles. The molecule has 2 aromatic heterocycles. The van der Waals surface area contributed by atoms with Crippen LogP contribution in [0.3, 0.4) is 0 Å². The molecule has 2 saturated carbocycles. The van der Waals surface area contributed by atoms with Crippen LogP contribution in [0.5, 0.6) is 0 Å². The molecule has 4 N–H and O–H groups in total. The molecule has 1 unspecified atom stereocenters. The number of hydrogen-bond donors (Lipinski definition) is 4. The van der Waals surface area contributed by atoms with Gasteiger partial charge in [-0.05, 0) is 56.4 Å². The summed E-state index contributed by atoms with van der Waals surface area (Å²) in [4.78, 5) is 26.9. The minimum atomic E-state index is -2.87. The SMILES string of the molecule is O=C(NCC1CC1)c1c(NC(=O)C2CC2)sc2c1C[C@@H](n1cnnc1NC1CNCC1(F)F)CC2. The predicted octanol–water partition coefficient (Wildman–Crippen LogP) is 2.58. The van der Waals surface area contributed by atoms with Crippen LogP contribution in [0, 0.1) is 11.8 Å². The van der Waals surface area contributed by atoms with Crippen molar-refractivity contribution in [1.82, 2.24) is 25.4 Å². The molecule has 0 bridgehead atoms. The summed E-state index contributed by atoms with van der Waals surface area (Å²) >= 11 is 1.49. The zero-order chi connectivity index (χ0) is 24.2. The lowest BCUT2D eigenvalue weighted by Gasteiger charge is -2.27. The number of aromatic nitrogens is 3. The minimum absolute atomic E-state index is 0.0206. The van der Waals surface area contributed by atoms with Crippen LogP contribution in [0.4, 0.5) is 19.7 Å². The van der Waals surface area contributed by atoms with Gasteiger partial charge >= 0.3 is 0 Å². The highest BCUT2D eigenvalue weighted by atomic mass is 32.1. The lowest BCUT2D eigenvalue weighted by atomic mass is 9.91. The lowest BCUT2D eigenvalue weighted by molar-refractivity contribution is -0.117. The normalized spacial score (nSPS) is 25.2. The summed E-state index contributed by atoms with van der Waals surface area (Å²) in [6.45, 7) is 0.426. The monoisotopic (exact) mass is 505 g/mol. The summed E-state index contributed by atoms with van der Waals surface area (Å²) in [5, 5.41) is 20.3. The maximum atomic E-state index is 14.2. The molecular weight excluding hydrogens is 476 g/mol. The average molecular weight is 506 g/mol. The molecule has 0 aromatic carbocycles. The third-order valence-electron chi connectivity index (χ3n) is 7.38. The zero-order valence-electron chi connectivity index (χ0n) is 19.3. The van der Waals surface area contributed by atoms with Gasteiger partial charge in [-0.15, -0.1) is 21.5 Å². The fourth-order valence-corrected chi connectivity index (χ4v) is 6.16. The van der Waals surface area contributed by atoms with E-state index < -0.39 is 12.0 Å². The molecule has 3 heterocycles. The molecule has 0 spiro atoms. The van der Waals surface area contributed by atoms with E-state index >= 15 is 0 Å². The van der Waals surface area contributed by atoms with Gasteiger partial charge < -0.3 is 21.3 Å². The van der Waals surface area contributed by atoms with Gasteiger partial charge in [0.25, 0.3) is 11.8 Å². The molecule has 188 valence electrons. The molecule has 4 aliphatic rings. The first-order valence-corrected chi connectivity index (χ1v) is 13.2. The third-order valence-corrected chi connectivity index (χ3v) is 8.59. The number of halogens is 2. The summed E-state index contributed by atoms with van der Waals surface area (Å²) < 4.78 is 30.1. The van der Waals surface area contributed by atoms with Gasteiger partial charge in [0.1, 0.15) is 17.4 Å². The van der Waals surface area contributed by atoms with Gasteiger partial charge in [-0.2, -0.15) is 0 Å². The van der Waals surface area contributed by atoms with Crippen LogP contribution < -0.4 is 21.3 Å². The van der Waals surface area contributed by atoms with Crippen molar-refractivity contribution in [3.05, 3.63) is 22.3 Å². The Morgan fingerprint density at radius 1 is 1.23 bits per heavy atom. The summed E-state index contributed by atoms with van der Waals surface area (Å²) in [7, 11) is 0. The molecular formula is C23H29F2N7O2S. The Labute approximate surface area is 205 Å². The Bertz CT molecular complexity index is 1140. The highest BCUT2D eigenvalue weighted by molar-refractivity contribution is 7.17. The number of carbonyl (C=O) groups is 2. The van der Waals surface area contributed by atoms with Gasteiger partial charge in [-0.3, -0.25) is 14.2 Å². The highest BCUT2D eigenvalue weighted by Crippen LogP contribution is 2.43. The van der Waals surface area contributed by atoms with Crippen molar-refractivity contribution in [3.63, 3.8) is 0 Å². The van der Waals surface area contributed by atoms with Gasteiger partial charge in [0, 0.05) is 29.9 Å². The second kappa shape index (κ2) is 8.81. The fraction of sp³-hybridized carbons (Fsp3) is 0.652. The Hall–Kier alpha value is -2.60. The number of fused-ring (bicyclic) bond motifs is 1. The number of anilines is 2. The Morgan fingerprint density at radius 3 is 2.77 bits per heavy atom. The van der Waals surface area contributed by atoms with Crippen molar-refractivity contribution >= 4 is 34.1 Å². The Morgan fingerprint density at radius 2 is 2.06 bits per heavy atom. The standard InChI is InChI=1S/C23H29F2N7O2S/c24-23(25)10-26-9-17(23)29-22-31-28-11-32(22)14-5-6-16-15(7-14)18(20(34)27-8-12-1-2-12)21(35-16)30-19(33)13-3-4-13/h11-14,17,26H,1-10H2,(H,27,34)(H,29,31)(H,30,33)/t14-,17?/m0/s1. The third kappa shape index (κ3) is 4.65. The van der Waals surface area contributed by atoms with Crippen LogP contribution >= 0.6 is 11.3 Å². The molecule has 1 saturated heterocycles. The van der Waals surface area contributed by atoms with Crippen molar-refractivity contribution in [2.45, 2.75) is 63.0 Å². The van der Waals surface area contributed by atoms with Gasteiger partial charge in [0.15, 0.2) is 0 Å². The molecule has 2 amide bonds. The molecule has 2 atom stereocenters. The van der Waals surface area contributed by atoms with E-state index in [0.717, 1.165) is 49.0 Å². The Balaban J connectivity index is 1.25. The maximum absolute atomic E-state index is 14.2. The van der Waals surface area contributed by atoms with Crippen LogP contribution in [0.1, 0.15) is 58.9 Å². The van der Waals surface area contributed by atoms with Crippen molar-refractivity contribution < 1.29 is 18.4 Å². The van der Waals surface area contributed by atoms with E-state index in [-0.39, 0.29) is 36.9 Å². The van der Waals surface area contributed by atoms with E-state index in [9.17, 15) is 18.4 Å². The van der Waals surface area contributed by atoms with Crippen LogP contribution in [0.2, 0.25) is 0 Å². The number of rotatable bonds is 8. The van der Waals surface area contributed by atoms with E-state index in [1.165, 1.54) is 11.3 Å². The first kappa shape index (κ1) is 22.8. The topological polar surface area (TPSA) is 113 Å². The number of amides is 2. The average Bonchev–Trinajstić information content (AvgIpc) is 3.74. The summed E-state index contributed by atoms with van der Waals surface area (Å²) in [5.41, 5.74) is 1.48. The number of aryl methyl sites for hydroxylation is 1. The van der Waals surface area contributed by atoms with E-state index in [0.29, 0.717) is 35.4 Å². The van der Waals surface area contributed by atoms with Gasteiger partial charge in [0.2, 0.25) is 11.9 Å². The van der Waals surface area contributed by atoms with Crippen molar-refractivity contribution in [3.8, 4) is 0 Å². The van der Waals surface area contributed by atoms with Crippen LogP contribution in [-0.2, 0) is 17.6 Å². The molecule has 6 rings (SSSR count). The Kier molecular flexibility index (Phi) is 5.75. The summed E-state index contributed by atoms with van der Waals surface area (Å²) in [6, 6.07) is -1.14. The zero-order valence-corrected chi connectivity index (χ0v) is 20.1. The molecule has 9 nitrogen and oxygen atoms in total. The maximum Gasteiger partial charge on any atom is 0.281 e. The van der Waals surface area contributed by atoms with E-state index in [1.54, 1.807) is 6.33 Å². The number of nitrogens with zero attached hydrogens (tertiary/aromatic N) is 3. The van der Waals surface area contributed by atoms with Gasteiger partial charge in [0.05, 0.1) is 12.1 Å². The largest absolute Gasteiger partial charge is 0.352 e. The first-order chi connectivity index (χ1) is 16.9. The quantitative estimate of drug-likeness (QED) is 0.439. The van der Waals surface area contributed by atoms with Gasteiger partial charge in [-0.1, -0.05) is 0 Å². The number of nitrogens with one attached hydrogen (secondary N) is 4. The van der Waals surface area contributed by atoms with Crippen molar-refractivity contribution in [2.24, 2.45) is 11.8 Å². The van der Waals surface area contributed by atoms with Crippen LogP contribution in [0.25, 0.3) is 0 Å². The molecule has 3 aliphatic carbocycles. The summed E-state index contributed by atoms with van der Waals surface area (Å²) in [5.74, 6) is -2.15. The summed E-state index contributed by atoms with van der Waals surface area (Å²) in [6.07, 6.45) is 7.65. The van der Waals surface area contributed by atoms with Crippen molar-refractivity contribution in [2.75, 3.05) is 30.3 Å². The first-order valence-electron chi connectivity index (χ1n) is 12.4. The molecule has 2 aromatic rings. The number of thiophene rings is 1. The van der Waals surface area contributed by atoms with E-state index in [2.05, 4.69) is 31.5 Å². The number of alkyl halides is 2. The molecule has 35 heavy (non-hydrogen) atoms. The van der Waals surface area contributed by atoms with Crippen LogP contribution in [-0.4, -0.2) is 58.2 Å². The fourth-order valence-electron chi connectivity index (χ4n) is 4.92.